The average Bonchev–Trinajstić information content (AvgIpc) is 2.60. The van der Waals surface area contributed by atoms with Gasteiger partial charge in [-0.05, 0) is 52.9 Å². The predicted molar refractivity (Wildman–Crippen MR) is 98.9 cm³/mol. The first-order valence-electron chi connectivity index (χ1n) is 7.30. The molecule has 0 aliphatic rings. The zero-order valence-electron chi connectivity index (χ0n) is 13.5. The molecular weight excluding hydrogens is 421 g/mol. The number of nitrogens with zero attached hydrogens (tertiary/aromatic N) is 1. The summed E-state index contributed by atoms with van der Waals surface area (Å²) < 4.78 is 11.4. The summed E-state index contributed by atoms with van der Waals surface area (Å²) in [5.41, 5.74) is 1.32. The first kappa shape index (κ1) is 18.3. The van der Waals surface area contributed by atoms with Crippen LogP contribution in [0.15, 0.2) is 48.5 Å². The quantitative estimate of drug-likeness (QED) is 0.513. The molecule has 0 heterocycles. The maximum absolute atomic E-state index is 12.1. The van der Waals surface area contributed by atoms with E-state index in [2.05, 4.69) is 22.6 Å². The molecule has 24 heavy (non-hydrogen) atoms. The minimum atomic E-state index is -0.509. The summed E-state index contributed by atoms with van der Waals surface area (Å²) in [5, 5.41) is 0. The van der Waals surface area contributed by atoms with Crippen molar-refractivity contribution in [2.45, 2.75) is 6.54 Å². The second-order valence-corrected chi connectivity index (χ2v) is 6.39. The number of halogens is 1. The molecule has 2 rings (SSSR count). The maximum Gasteiger partial charge on any atom is 0.338 e. The second kappa shape index (κ2) is 8.68. The second-order valence-electron chi connectivity index (χ2n) is 5.14. The number of benzene rings is 2. The lowest BCUT2D eigenvalue weighted by molar-refractivity contribution is -0.133. The van der Waals surface area contributed by atoms with Gasteiger partial charge in [-0.3, -0.25) is 4.79 Å². The highest BCUT2D eigenvalue weighted by Crippen LogP contribution is 2.18. The van der Waals surface area contributed by atoms with Gasteiger partial charge in [0.25, 0.3) is 5.91 Å². The Kier molecular flexibility index (Phi) is 6.60. The van der Waals surface area contributed by atoms with Crippen molar-refractivity contribution < 1.29 is 19.1 Å². The van der Waals surface area contributed by atoms with E-state index < -0.39 is 5.97 Å². The van der Waals surface area contributed by atoms with Crippen molar-refractivity contribution in [1.29, 1.82) is 0 Å². The molecule has 126 valence electrons. The lowest BCUT2D eigenvalue weighted by Crippen LogP contribution is -2.31. The Morgan fingerprint density at radius 3 is 2.42 bits per heavy atom. The Hall–Kier alpha value is -2.09. The molecule has 0 unspecified atom stereocenters. The predicted octanol–water partition coefficient (Wildman–Crippen LogP) is 3.12. The van der Waals surface area contributed by atoms with Gasteiger partial charge in [-0.1, -0.05) is 18.2 Å². The third kappa shape index (κ3) is 4.95. The fraction of sp³-hybridized carbons (Fsp3) is 0.222. The van der Waals surface area contributed by atoms with Gasteiger partial charge in [-0.15, -0.1) is 0 Å². The van der Waals surface area contributed by atoms with Crippen LogP contribution in [0.2, 0.25) is 0 Å². The summed E-state index contributed by atoms with van der Waals surface area (Å²) in [4.78, 5) is 25.6. The van der Waals surface area contributed by atoms with Crippen molar-refractivity contribution in [3.8, 4) is 5.75 Å². The molecule has 0 aromatic heterocycles. The molecule has 6 heteroatoms. The summed E-state index contributed by atoms with van der Waals surface area (Å²) >= 11 is 2.15. The molecule has 0 spiro atoms. The van der Waals surface area contributed by atoms with E-state index in [-0.39, 0.29) is 12.5 Å². The van der Waals surface area contributed by atoms with Crippen molar-refractivity contribution in [2.24, 2.45) is 0 Å². The van der Waals surface area contributed by atoms with Crippen molar-refractivity contribution in [3.63, 3.8) is 0 Å². The summed E-state index contributed by atoms with van der Waals surface area (Å²) in [5.74, 6) is -0.0711. The highest BCUT2D eigenvalue weighted by molar-refractivity contribution is 14.1. The Labute approximate surface area is 154 Å². The number of esters is 1. The van der Waals surface area contributed by atoms with Gasteiger partial charge in [0.15, 0.2) is 6.61 Å². The van der Waals surface area contributed by atoms with Crippen LogP contribution in [0.25, 0.3) is 0 Å². The van der Waals surface area contributed by atoms with Crippen LogP contribution in [0.3, 0.4) is 0 Å². The molecule has 5 nitrogen and oxygen atoms in total. The van der Waals surface area contributed by atoms with Gasteiger partial charge in [-0.2, -0.15) is 0 Å². The van der Waals surface area contributed by atoms with E-state index in [1.54, 1.807) is 26.3 Å². The molecular formula is C18H18INO4. The average molecular weight is 439 g/mol. The van der Waals surface area contributed by atoms with Gasteiger partial charge in [0, 0.05) is 22.7 Å². The zero-order valence-corrected chi connectivity index (χ0v) is 15.6. The standard InChI is InChI=1S/C18H18INO4/c1-20(11-14-5-3-4-6-16(14)23-2)17(21)12-24-18(22)13-7-9-15(19)10-8-13/h3-10H,11-12H2,1-2H3. The molecule has 0 radical (unpaired) electrons. The van der Waals surface area contributed by atoms with Crippen LogP contribution < -0.4 is 4.74 Å². The number of hydrogen-bond donors (Lipinski definition) is 0. The molecule has 2 aromatic carbocycles. The van der Waals surface area contributed by atoms with Gasteiger partial charge in [0.1, 0.15) is 5.75 Å². The Morgan fingerprint density at radius 2 is 1.75 bits per heavy atom. The Morgan fingerprint density at radius 1 is 1.08 bits per heavy atom. The van der Waals surface area contributed by atoms with E-state index in [1.165, 1.54) is 4.90 Å². The SMILES string of the molecule is COc1ccccc1CN(C)C(=O)COC(=O)c1ccc(I)cc1. The summed E-state index contributed by atoms with van der Waals surface area (Å²) in [6.45, 7) is 0.0837. The molecule has 1 amide bonds. The molecule has 0 fully saturated rings. The lowest BCUT2D eigenvalue weighted by atomic mass is 10.2. The third-order valence-electron chi connectivity index (χ3n) is 3.43. The van der Waals surface area contributed by atoms with E-state index in [4.69, 9.17) is 9.47 Å². The number of methoxy groups -OCH3 is 1. The molecule has 0 aliphatic carbocycles. The summed E-state index contributed by atoms with van der Waals surface area (Å²) in [6, 6.07) is 14.4. The van der Waals surface area contributed by atoms with Crippen molar-refractivity contribution in [1.82, 2.24) is 4.90 Å². The van der Waals surface area contributed by atoms with Gasteiger partial charge < -0.3 is 14.4 Å². The van der Waals surface area contributed by atoms with Crippen molar-refractivity contribution >= 4 is 34.5 Å². The number of rotatable bonds is 6. The highest BCUT2D eigenvalue weighted by Gasteiger charge is 2.15. The first-order chi connectivity index (χ1) is 11.5. The van der Waals surface area contributed by atoms with Gasteiger partial charge >= 0.3 is 5.97 Å². The van der Waals surface area contributed by atoms with Crippen molar-refractivity contribution in [3.05, 3.63) is 63.2 Å². The number of ether oxygens (including phenoxy) is 2. The molecule has 2 aromatic rings. The van der Waals surface area contributed by atoms with Gasteiger partial charge in [0.05, 0.1) is 12.7 Å². The number of para-hydroxylation sites is 1. The topological polar surface area (TPSA) is 55.8 Å². The number of carbonyl (C=O) groups is 2. The summed E-state index contributed by atoms with van der Waals surface area (Å²) in [6.07, 6.45) is 0. The van der Waals surface area contributed by atoms with Crippen LogP contribution in [0, 0.1) is 3.57 Å². The van der Waals surface area contributed by atoms with Crippen LogP contribution in [-0.4, -0.2) is 37.5 Å². The van der Waals surface area contributed by atoms with Gasteiger partial charge in [-0.25, -0.2) is 4.79 Å². The Balaban J connectivity index is 1.89. The monoisotopic (exact) mass is 439 g/mol. The maximum atomic E-state index is 12.1. The van der Waals surface area contributed by atoms with Crippen LogP contribution >= 0.6 is 22.6 Å². The van der Waals surface area contributed by atoms with E-state index >= 15 is 0 Å². The number of likely N-dealkylation sites (N-methyl/N-ethyl adjacent to an activating group) is 1. The number of amides is 1. The minimum absolute atomic E-state index is 0.278. The van der Waals surface area contributed by atoms with Crippen LogP contribution in [0.1, 0.15) is 15.9 Å². The van der Waals surface area contributed by atoms with Crippen LogP contribution in [0.4, 0.5) is 0 Å². The normalized spacial score (nSPS) is 10.1. The minimum Gasteiger partial charge on any atom is -0.496 e. The smallest absolute Gasteiger partial charge is 0.338 e. The molecule has 0 saturated carbocycles. The van der Waals surface area contributed by atoms with Gasteiger partial charge in [0.2, 0.25) is 0 Å². The van der Waals surface area contributed by atoms with E-state index in [9.17, 15) is 9.59 Å². The highest BCUT2D eigenvalue weighted by atomic mass is 127. The fourth-order valence-corrected chi connectivity index (χ4v) is 2.44. The molecule has 0 bridgehead atoms. The molecule has 0 atom stereocenters. The third-order valence-corrected chi connectivity index (χ3v) is 4.15. The zero-order chi connectivity index (χ0) is 17.5. The first-order valence-corrected chi connectivity index (χ1v) is 8.37. The lowest BCUT2D eigenvalue weighted by Gasteiger charge is -2.18. The van der Waals surface area contributed by atoms with Crippen LogP contribution in [0.5, 0.6) is 5.75 Å². The fourth-order valence-electron chi connectivity index (χ4n) is 2.08. The van der Waals surface area contributed by atoms with Crippen LogP contribution in [-0.2, 0) is 16.1 Å². The number of carbonyl (C=O) groups excluding carboxylic acids is 2. The molecule has 0 aliphatic heterocycles. The van der Waals surface area contributed by atoms with E-state index in [0.717, 1.165) is 9.13 Å². The van der Waals surface area contributed by atoms with Crippen molar-refractivity contribution in [2.75, 3.05) is 20.8 Å². The largest absolute Gasteiger partial charge is 0.496 e. The number of hydrogen-bond acceptors (Lipinski definition) is 4. The van der Waals surface area contributed by atoms with E-state index in [1.807, 2.05) is 36.4 Å². The summed E-state index contributed by atoms with van der Waals surface area (Å²) in [7, 11) is 3.25. The molecule has 0 saturated heterocycles. The Bertz CT molecular complexity index is 715. The molecule has 0 N–H and O–H groups in total. The van der Waals surface area contributed by atoms with E-state index in [0.29, 0.717) is 17.9 Å².